The van der Waals surface area contributed by atoms with E-state index in [-0.39, 0.29) is 35.7 Å². The van der Waals surface area contributed by atoms with E-state index >= 15 is 0 Å². The van der Waals surface area contributed by atoms with Crippen molar-refractivity contribution in [3.8, 4) is 0 Å². The van der Waals surface area contributed by atoms with Crippen LogP contribution in [0.25, 0.3) is 0 Å². The molecule has 0 spiro atoms. The average molecular weight is 326 g/mol. The molecule has 7 heteroatoms. The SMILES string of the molecule is CCN(CC)C(=O)NCCNC(=O)C1CC(=O)N(C(C)(C)C)C1. The fourth-order valence-electron chi connectivity index (χ4n) is 2.65. The maximum absolute atomic E-state index is 12.1. The first-order chi connectivity index (χ1) is 10.7. The Kier molecular flexibility index (Phi) is 6.84. The number of hydrogen-bond acceptors (Lipinski definition) is 3. The molecule has 7 nitrogen and oxygen atoms in total. The van der Waals surface area contributed by atoms with Crippen molar-refractivity contribution >= 4 is 17.8 Å². The zero-order valence-corrected chi connectivity index (χ0v) is 14.9. The van der Waals surface area contributed by atoms with Gasteiger partial charge in [-0.15, -0.1) is 0 Å². The molecule has 0 aromatic carbocycles. The second-order valence-corrected chi connectivity index (χ2v) is 6.77. The van der Waals surface area contributed by atoms with Crippen LogP contribution in [0.15, 0.2) is 0 Å². The second-order valence-electron chi connectivity index (χ2n) is 6.77. The molecule has 1 heterocycles. The van der Waals surface area contributed by atoms with Gasteiger partial charge in [-0.2, -0.15) is 0 Å². The van der Waals surface area contributed by atoms with Crippen molar-refractivity contribution in [1.29, 1.82) is 0 Å². The molecule has 1 rings (SSSR count). The second kappa shape index (κ2) is 8.17. The number of carbonyl (C=O) groups excluding carboxylic acids is 3. The predicted molar refractivity (Wildman–Crippen MR) is 88.9 cm³/mol. The molecule has 1 fully saturated rings. The first-order valence-corrected chi connectivity index (χ1v) is 8.31. The molecule has 0 aromatic rings. The van der Waals surface area contributed by atoms with E-state index in [0.717, 1.165) is 0 Å². The van der Waals surface area contributed by atoms with E-state index in [1.165, 1.54) is 0 Å². The molecule has 0 bridgehead atoms. The molecule has 0 aromatic heterocycles. The van der Waals surface area contributed by atoms with Gasteiger partial charge in [-0.25, -0.2) is 4.79 Å². The molecule has 0 radical (unpaired) electrons. The summed E-state index contributed by atoms with van der Waals surface area (Å²) < 4.78 is 0. The van der Waals surface area contributed by atoms with E-state index in [0.29, 0.717) is 32.7 Å². The smallest absolute Gasteiger partial charge is 0.317 e. The number of carbonyl (C=O) groups is 3. The van der Waals surface area contributed by atoms with E-state index < -0.39 is 0 Å². The lowest BCUT2D eigenvalue weighted by molar-refractivity contribution is -0.132. The summed E-state index contributed by atoms with van der Waals surface area (Å²) in [6.07, 6.45) is 0.259. The van der Waals surface area contributed by atoms with Crippen LogP contribution < -0.4 is 10.6 Å². The van der Waals surface area contributed by atoms with Gasteiger partial charge in [0.05, 0.1) is 5.92 Å². The maximum Gasteiger partial charge on any atom is 0.317 e. The van der Waals surface area contributed by atoms with Crippen LogP contribution in [0.1, 0.15) is 41.0 Å². The van der Waals surface area contributed by atoms with Crippen LogP contribution >= 0.6 is 0 Å². The van der Waals surface area contributed by atoms with Crippen LogP contribution in [0.4, 0.5) is 4.79 Å². The number of nitrogens with zero attached hydrogens (tertiary/aromatic N) is 2. The van der Waals surface area contributed by atoms with Crippen molar-refractivity contribution in [3.63, 3.8) is 0 Å². The summed E-state index contributed by atoms with van der Waals surface area (Å²) in [6, 6.07) is -0.126. The van der Waals surface area contributed by atoms with Crippen molar-refractivity contribution in [3.05, 3.63) is 0 Å². The molecule has 4 amide bonds. The van der Waals surface area contributed by atoms with Crippen LogP contribution in [0.2, 0.25) is 0 Å². The molecular weight excluding hydrogens is 296 g/mol. The minimum atomic E-state index is -0.305. The zero-order chi connectivity index (χ0) is 17.6. The molecule has 1 aliphatic rings. The highest BCUT2D eigenvalue weighted by atomic mass is 16.2. The van der Waals surface area contributed by atoms with Gasteiger partial charge in [0.25, 0.3) is 0 Å². The van der Waals surface area contributed by atoms with E-state index in [9.17, 15) is 14.4 Å². The molecule has 0 saturated carbocycles. The molecule has 0 aliphatic carbocycles. The van der Waals surface area contributed by atoms with Gasteiger partial charge in [-0.3, -0.25) is 9.59 Å². The summed E-state index contributed by atoms with van der Waals surface area (Å²) in [5, 5.41) is 5.56. The lowest BCUT2D eigenvalue weighted by atomic mass is 10.1. The standard InChI is InChI=1S/C16H30N4O3/c1-6-19(7-2)15(23)18-9-8-17-14(22)12-10-13(21)20(11-12)16(3,4)5/h12H,6-11H2,1-5H3,(H,17,22)(H,18,23). The van der Waals surface area contributed by atoms with Crippen molar-refractivity contribution in [2.24, 2.45) is 5.92 Å². The minimum Gasteiger partial charge on any atom is -0.354 e. The van der Waals surface area contributed by atoms with Gasteiger partial charge in [-0.05, 0) is 34.6 Å². The highest BCUT2D eigenvalue weighted by Gasteiger charge is 2.39. The third-order valence-electron chi connectivity index (χ3n) is 4.06. The fourth-order valence-corrected chi connectivity index (χ4v) is 2.65. The van der Waals surface area contributed by atoms with E-state index in [4.69, 9.17) is 0 Å². The lowest BCUT2D eigenvalue weighted by Crippen LogP contribution is -2.44. The third kappa shape index (κ3) is 5.41. The van der Waals surface area contributed by atoms with Gasteiger partial charge in [0.2, 0.25) is 11.8 Å². The summed E-state index contributed by atoms with van der Waals surface area (Å²) in [6.45, 7) is 12.3. The number of rotatable bonds is 6. The van der Waals surface area contributed by atoms with Gasteiger partial charge < -0.3 is 20.4 Å². The van der Waals surface area contributed by atoms with E-state index in [1.54, 1.807) is 9.80 Å². The highest BCUT2D eigenvalue weighted by Crippen LogP contribution is 2.25. The Morgan fingerprint density at radius 1 is 1.17 bits per heavy atom. The van der Waals surface area contributed by atoms with Crippen LogP contribution in [-0.4, -0.2) is 65.9 Å². The number of nitrogens with one attached hydrogen (secondary N) is 2. The fraction of sp³-hybridized carbons (Fsp3) is 0.812. The third-order valence-corrected chi connectivity index (χ3v) is 4.06. The first kappa shape index (κ1) is 19.3. The predicted octanol–water partition coefficient (Wildman–Crippen LogP) is 0.801. The summed E-state index contributed by atoms with van der Waals surface area (Å²) in [4.78, 5) is 39.3. The number of amides is 4. The Morgan fingerprint density at radius 3 is 2.22 bits per heavy atom. The normalized spacial score (nSPS) is 18.0. The molecule has 1 aliphatic heterocycles. The molecule has 23 heavy (non-hydrogen) atoms. The van der Waals surface area contributed by atoms with Gasteiger partial charge in [0.15, 0.2) is 0 Å². The van der Waals surface area contributed by atoms with Gasteiger partial charge >= 0.3 is 6.03 Å². The Morgan fingerprint density at radius 2 is 1.74 bits per heavy atom. The van der Waals surface area contributed by atoms with Crippen molar-refractivity contribution < 1.29 is 14.4 Å². The van der Waals surface area contributed by atoms with Crippen LogP contribution in [0, 0.1) is 5.92 Å². The van der Waals surface area contributed by atoms with Crippen molar-refractivity contribution in [2.75, 3.05) is 32.7 Å². The Hall–Kier alpha value is -1.79. The Bertz CT molecular complexity index is 441. The zero-order valence-electron chi connectivity index (χ0n) is 14.9. The highest BCUT2D eigenvalue weighted by molar-refractivity contribution is 5.89. The van der Waals surface area contributed by atoms with Crippen LogP contribution in [0.3, 0.4) is 0 Å². The van der Waals surface area contributed by atoms with Gasteiger partial charge in [-0.1, -0.05) is 0 Å². The topological polar surface area (TPSA) is 81.8 Å². The molecular formula is C16H30N4O3. The number of hydrogen-bond donors (Lipinski definition) is 2. The van der Waals surface area contributed by atoms with Gasteiger partial charge in [0.1, 0.15) is 0 Å². The monoisotopic (exact) mass is 326 g/mol. The summed E-state index contributed by atoms with van der Waals surface area (Å²) in [5.41, 5.74) is -0.260. The molecule has 132 valence electrons. The largest absolute Gasteiger partial charge is 0.354 e. The van der Waals surface area contributed by atoms with E-state index in [1.807, 2.05) is 34.6 Å². The average Bonchev–Trinajstić information content (AvgIpc) is 2.87. The molecule has 1 saturated heterocycles. The summed E-state index contributed by atoms with van der Waals surface area (Å²) in [7, 11) is 0. The lowest BCUT2D eigenvalue weighted by Gasteiger charge is -2.31. The quantitative estimate of drug-likeness (QED) is 0.709. The Balaban J connectivity index is 2.33. The minimum absolute atomic E-state index is 0.0208. The summed E-state index contributed by atoms with van der Waals surface area (Å²) in [5.74, 6) is -0.408. The number of likely N-dealkylation sites (tertiary alicyclic amines) is 1. The van der Waals surface area contributed by atoms with E-state index in [2.05, 4.69) is 10.6 Å². The maximum atomic E-state index is 12.1. The van der Waals surface area contributed by atoms with Crippen LogP contribution in [-0.2, 0) is 9.59 Å². The van der Waals surface area contributed by atoms with Gasteiger partial charge in [0, 0.05) is 44.7 Å². The molecule has 2 N–H and O–H groups in total. The van der Waals surface area contributed by atoms with Crippen molar-refractivity contribution in [1.82, 2.24) is 20.4 Å². The molecule has 1 unspecified atom stereocenters. The number of urea groups is 1. The van der Waals surface area contributed by atoms with Crippen LogP contribution in [0.5, 0.6) is 0 Å². The molecule has 1 atom stereocenters. The van der Waals surface area contributed by atoms with Crippen molar-refractivity contribution in [2.45, 2.75) is 46.6 Å². The Labute approximate surface area is 138 Å². The first-order valence-electron chi connectivity index (χ1n) is 8.31. The summed E-state index contributed by atoms with van der Waals surface area (Å²) >= 11 is 0.